The summed E-state index contributed by atoms with van der Waals surface area (Å²) in [4.78, 5) is 17.7. The molecule has 0 radical (unpaired) electrons. The van der Waals surface area contributed by atoms with E-state index in [2.05, 4.69) is 26.6 Å². The molecule has 1 aromatic rings. The Morgan fingerprint density at radius 3 is 2.39 bits per heavy atom. The van der Waals surface area contributed by atoms with E-state index < -0.39 is 15.0 Å². The van der Waals surface area contributed by atoms with Gasteiger partial charge in [0.05, 0.1) is 24.4 Å². The first-order valence-corrected chi connectivity index (χ1v) is 12.1. The van der Waals surface area contributed by atoms with Crippen LogP contribution in [-0.4, -0.2) is 62.9 Å². The predicted molar refractivity (Wildman–Crippen MR) is 115 cm³/mol. The van der Waals surface area contributed by atoms with E-state index in [1.165, 1.54) is 11.1 Å². The third kappa shape index (κ3) is 6.41. The highest BCUT2D eigenvalue weighted by Crippen LogP contribution is 2.22. The van der Waals surface area contributed by atoms with E-state index in [1.54, 1.807) is 0 Å². The number of hydrogen-bond donors (Lipinski definition) is 1. The van der Waals surface area contributed by atoms with E-state index >= 15 is 0 Å². The molecule has 1 N–H and O–H groups in total. The molecule has 0 saturated carbocycles. The van der Waals surface area contributed by atoms with Gasteiger partial charge in [-0.15, -0.1) is 0 Å². The van der Waals surface area contributed by atoms with Crippen LogP contribution in [0.15, 0.2) is 40.8 Å². The van der Waals surface area contributed by atoms with Gasteiger partial charge in [0.1, 0.15) is 6.17 Å². The van der Waals surface area contributed by atoms with Crippen molar-refractivity contribution in [3.05, 3.63) is 57.0 Å². The van der Waals surface area contributed by atoms with Crippen molar-refractivity contribution in [3.8, 4) is 0 Å². The Balaban J connectivity index is 1.68. The van der Waals surface area contributed by atoms with Gasteiger partial charge in [-0.3, -0.25) is 14.3 Å². The maximum Gasteiger partial charge on any atom is 0.370 e. The quantitative estimate of drug-likeness (QED) is 0.273. The molecule has 2 aliphatic heterocycles. The molecule has 0 spiro atoms. The molecule has 2 aliphatic rings. The SMILES string of the molecule is CC1N=C(OCCCCOS(C)(=O)=O)C([N+](=O)[O-])=C(N2CCc3ccccc3CC2)N1. The van der Waals surface area contributed by atoms with Gasteiger partial charge >= 0.3 is 5.70 Å². The number of aliphatic imine (C=N–C) groups is 1. The lowest BCUT2D eigenvalue weighted by atomic mass is 10.0. The highest BCUT2D eigenvalue weighted by atomic mass is 32.2. The molecule has 0 saturated heterocycles. The zero-order valence-corrected chi connectivity index (χ0v) is 18.6. The summed E-state index contributed by atoms with van der Waals surface area (Å²) in [5, 5.41) is 15.0. The summed E-state index contributed by atoms with van der Waals surface area (Å²) in [6.45, 7) is 3.34. The average Bonchev–Trinajstić information content (AvgIpc) is 2.91. The lowest BCUT2D eigenvalue weighted by Gasteiger charge is -2.30. The molecule has 0 aliphatic carbocycles. The molecular formula is C20H28N4O6S. The molecule has 0 bridgehead atoms. The Bertz CT molecular complexity index is 949. The molecule has 170 valence electrons. The molecule has 10 nitrogen and oxygen atoms in total. The number of nitrogens with one attached hydrogen (secondary N) is 1. The highest BCUT2D eigenvalue weighted by molar-refractivity contribution is 7.85. The normalized spacial score (nSPS) is 19.2. The van der Waals surface area contributed by atoms with E-state index in [0.29, 0.717) is 31.8 Å². The third-order valence-corrected chi connectivity index (χ3v) is 5.67. The lowest BCUT2D eigenvalue weighted by Crippen LogP contribution is -2.44. The standard InChI is InChI=1S/C20H28N4O6S/c1-15-21-19(23-11-9-16-7-3-4-8-17(16)10-12-23)18(24(25)26)20(22-15)29-13-5-6-14-30-31(2,27)28/h3-4,7-8,15,21H,5-6,9-14H2,1-2H3. The Morgan fingerprint density at radius 1 is 1.19 bits per heavy atom. The fourth-order valence-corrected chi connectivity index (χ4v) is 4.04. The molecule has 2 heterocycles. The first-order valence-electron chi connectivity index (χ1n) is 10.3. The number of hydrogen-bond acceptors (Lipinski definition) is 9. The summed E-state index contributed by atoms with van der Waals surface area (Å²) >= 11 is 0. The number of fused-ring (bicyclic) bond motifs is 1. The number of ether oxygens (including phenoxy) is 1. The van der Waals surface area contributed by atoms with Crippen LogP contribution in [0.3, 0.4) is 0 Å². The smallest absolute Gasteiger partial charge is 0.370 e. The van der Waals surface area contributed by atoms with Crippen LogP contribution in [0.4, 0.5) is 0 Å². The average molecular weight is 453 g/mol. The van der Waals surface area contributed by atoms with Crippen molar-refractivity contribution in [1.29, 1.82) is 0 Å². The van der Waals surface area contributed by atoms with Gasteiger partial charge in [0.2, 0.25) is 0 Å². The van der Waals surface area contributed by atoms with Crippen molar-refractivity contribution >= 4 is 16.0 Å². The van der Waals surface area contributed by atoms with E-state index in [0.717, 1.165) is 19.1 Å². The number of nitro groups is 1. The maximum absolute atomic E-state index is 11.9. The van der Waals surface area contributed by atoms with Crippen LogP contribution in [0.5, 0.6) is 0 Å². The van der Waals surface area contributed by atoms with Crippen LogP contribution in [0.1, 0.15) is 30.9 Å². The largest absolute Gasteiger partial charge is 0.473 e. The van der Waals surface area contributed by atoms with Crippen molar-refractivity contribution < 1.29 is 22.3 Å². The zero-order chi connectivity index (χ0) is 22.4. The van der Waals surface area contributed by atoms with Gasteiger partial charge in [-0.1, -0.05) is 24.3 Å². The molecule has 0 aromatic heterocycles. The summed E-state index contributed by atoms with van der Waals surface area (Å²) < 4.78 is 32.3. The van der Waals surface area contributed by atoms with E-state index in [-0.39, 0.29) is 31.0 Å². The molecule has 31 heavy (non-hydrogen) atoms. The summed E-state index contributed by atoms with van der Waals surface area (Å²) in [5.74, 6) is 0.424. The monoisotopic (exact) mass is 452 g/mol. The Labute approximate surface area is 182 Å². The number of benzene rings is 1. The Kier molecular flexibility index (Phi) is 7.50. The molecule has 0 fully saturated rings. The van der Waals surface area contributed by atoms with E-state index in [4.69, 9.17) is 4.74 Å². The van der Waals surface area contributed by atoms with Crippen molar-refractivity contribution in [2.24, 2.45) is 4.99 Å². The molecule has 1 atom stereocenters. The minimum atomic E-state index is -3.48. The van der Waals surface area contributed by atoms with Crippen LogP contribution in [0.2, 0.25) is 0 Å². The minimum absolute atomic E-state index is 0.00274. The van der Waals surface area contributed by atoms with E-state index in [9.17, 15) is 18.5 Å². The molecular weight excluding hydrogens is 424 g/mol. The molecule has 0 amide bonds. The number of rotatable bonds is 8. The number of unbranched alkanes of at least 4 members (excludes halogenated alkanes) is 1. The lowest BCUT2D eigenvalue weighted by molar-refractivity contribution is -0.419. The Hall–Kier alpha value is -2.66. The third-order valence-electron chi connectivity index (χ3n) is 5.08. The van der Waals surface area contributed by atoms with Crippen LogP contribution in [-0.2, 0) is 31.9 Å². The molecule has 1 aromatic carbocycles. The van der Waals surface area contributed by atoms with Crippen LogP contribution in [0, 0.1) is 10.1 Å². The van der Waals surface area contributed by atoms with Gasteiger partial charge < -0.3 is 15.0 Å². The summed E-state index contributed by atoms with van der Waals surface area (Å²) in [6.07, 6.45) is 3.15. The van der Waals surface area contributed by atoms with Crippen molar-refractivity contribution in [3.63, 3.8) is 0 Å². The summed E-state index contributed by atoms with van der Waals surface area (Å²) in [5.41, 5.74) is 2.36. The van der Waals surface area contributed by atoms with Crippen molar-refractivity contribution in [2.75, 3.05) is 32.6 Å². The maximum atomic E-state index is 11.9. The van der Waals surface area contributed by atoms with Crippen molar-refractivity contribution in [1.82, 2.24) is 10.2 Å². The summed E-state index contributed by atoms with van der Waals surface area (Å²) in [7, 11) is -3.48. The van der Waals surface area contributed by atoms with E-state index in [1.807, 2.05) is 24.0 Å². The second-order valence-corrected chi connectivity index (χ2v) is 9.19. The first kappa shape index (κ1) is 23.0. The fraction of sp³-hybridized carbons (Fsp3) is 0.550. The second kappa shape index (κ2) is 10.1. The van der Waals surface area contributed by atoms with Crippen LogP contribution in [0.25, 0.3) is 0 Å². The van der Waals surface area contributed by atoms with Gasteiger partial charge in [-0.2, -0.15) is 8.42 Å². The molecule has 1 unspecified atom stereocenters. The second-order valence-electron chi connectivity index (χ2n) is 7.55. The van der Waals surface area contributed by atoms with Crippen LogP contribution >= 0.6 is 0 Å². The van der Waals surface area contributed by atoms with Gasteiger partial charge in [0, 0.05) is 13.1 Å². The predicted octanol–water partition coefficient (Wildman–Crippen LogP) is 1.65. The van der Waals surface area contributed by atoms with Crippen LogP contribution < -0.4 is 5.32 Å². The van der Waals surface area contributed by atoms with Crippen molar-refractivity contribution in [2.45, 2.75) is 38.8 Å². The minimum Gasteiger partial charge on any atom is -0.473 e. The summed E-state index contributed by atoms with van der Waals surface area (Å²) in [6, 6.07) is 8.22. The zero-order valence-electron chi connectivity index (χ0n) is 17.7. The number of nitrogens with zero attached hydrogens (tertiary/aromatic N) is 3. The van der Waals surface area contributed by atoms with Gasteiger partial charge in [-0.05, 0) is 43.7 Å². The first-order chi connectivity index (χ1) is 14.7. The molecule has 3 rings (SSSR count). The highest BCUT2D eigenvalue weighted by Gasteiger charge is 2.35. The fourth-order valence-electron chi connectivity index (χ4n) is 3.62. The Morgan fingerprint density at radius 2 is 1.81 bits per heavy atom. The van der Waals surface area contributed by atoms with Gasteiger partial charge in [-0.25, -0.2) is 4.99 Å². The van der Waals surface area contributed by atoms with Gasteiger partial charge in [0.15, 0.2) is 5.82 Å². The molecule has 11 heteroatoms. The van der Waals surface area contributed by atoms with Gasteiger partial charge in [0.25, 0.3) is 16.0 Å². The topological polar surface area (TPSA) is 123 Å².